The standard InChI is InChI=1S/C8H12N4O2S3/c1-3-15-7-11-12-8(17-7)16-4(2)5(13)10-6(9)14/h4H,3H2,1-2H3,(H3,9,10,13,14)/t4-/m0/s1. The van der Waals surface area contributed by atoms with E-state index in [2.05, 4.69) is 10.2 Å². The van der Waals surface area contributed by atoms with E-state index in [9.17, 15) is 9.59 Å². The summed E-state index contributed by atoms with van der Waals surface area (Å²) in [6.45, 7) is 3.71. The van der Waals surface area contributed by atoms with Crippen LogP contribution in [-0.2, 0) is 4.79 Å². The minimum absolute atomic E-state index is 0.428. The first-order valence-electron chi connectivity index (χ1n) is 4.76. The molecule has 9 heteroatoms. The highest BCUT2D eigenvalue weighted by molar-refractivity contribution is 8.03. The summed E-state index contributed by atoms with van der Waals surface area (Å²) in [6.07, 6.45) is 0. The molecule has 0 aromatic carbocycles. The molecule has 1 aromatic heterocycles. The number of carbonyl (C=O) groups excluding carboxylic acids is 2. The van der Waals surface area contributed by atoms with Crippen LogP contribution in [0.15, 0.2) is 8.68 Å². The van der Waals surface area contributed by atoms with Gasteiger partial charge in [0.25, 0.3) is 0 Å². The normalized spacial score (nSPS) is 12.1. The number of rotatable bonds is 5. The summed E-state index contributed by atoms with van der Waals surface area (Å²) < 4.78 is 1.57. The van der Waals surface area contributed by atoms with E-state index in [1.807, 2.05) is 12.2 Å². The van der Waals surface area contributed by atoms with E-state index in [1.165, 1.54) is 23.1 Å². The van der Waals surface area contributed by atoms with Gasteiger partial charge in [0.05, 0.1) is 5.25 Å². The lowest BCUT2D eigenvalue weighted by atomic mass is 10.4. The molecule has 94 valence electrons. The van der Waals surface area contributed by atoms with Crippen molar-refractivity contribution in [2.75, 3.05) is 5.75 Å². The topological polar surface area (TPSA) is 98.0 Å². The SMILES string of the molecule is CCSc1nnc(S[C@@H](C)C(=O)NC(N)=O)s1. The fraction of sp³-hybridized carbons (Fsp3) is 0.500. The van der Waals surface area contributed by atoms with Crippen LogP contribution in [0, 0.1) is 0 Å². The van der Waals surface area contributed by atoms with Gasteiger partial charge < -0.3 is 5.73 Å². The lowest BCUT2D eigenvalue weighted by Crippen LogP contribution is -2.39. The molecule has 6 nitrogen and oxygen atoms in total. The number of aromatic nitrogens is 2. The maximum atomic E-state index is 11.4. The van der Waals surface area contributed by atoms with E-state index in [4.69, 9.17) is 5.73 Å². The quantitative estimate of drug-likeness (QED) is 0.794. The Hall–Kier alpha value is -0.800. The number of nitrogens with one attached hydrogen (secondary N) is 1. The van der Waals surface area contributed by atoms with Gasteiger partial charge in [-0.25, -0.2) is 4.79 Å². The Morgan fingerprint density at radius 2 is 2.12 bits per heavy atom. The Balaban J connectivity index is 2.52. The molecular weight excluding hydrogens is 280 g/mol. The number of primary amides is 1. The highest BCUT2D eigenvalue weighted by atomic mass is 32.2. The zero-order valence-corrected chi connectivity index (χ0v) is 11.7. The summed E-state index contributed by atoms with van der Waals surface area (Å²) in [4.78, 5) is 21.9. The highest BCUT2D eigenvalue weighted by Gasteiger charge is 2.18. The molecule has 0 spiro atoms. The van der Waals surface area contributed by atoms with Crippen molar-refractivity contribution < 1.29 is 9.59 Å². The van der Waals surface area contributed by atoms with Crippen molar-refractivity contribution in [3.8, 4) is 0 Å². The Kier molecular flexibility index (Phi) is 5.72. The molecule has 0 bridgehead atoms. The molecular formula is C8H12N4O2S3. The second kappa shape index (κ2) is 6.82. The lowest BCUT2D eigenvalue weighted by Gasteiger charge is -2.06. The smallest absolute Gasteiger partial charge is 0.318 e. The summed E-state index contributed by atoms with van der Waals surface area (Å²) in [5.74, 6) is 0.499. The maximum Gasteiger partial charge on any atom is 0.318 e. The molecule has 3 N–H and O–H groups in total. The van der Waals surface area contributed by atoms with Gasteiger partial charge in [-0.05, 0) is 12.7 Å². The third kappa shape index (κ3) is 4.92. The Morgan fingerprint density at radius 3 is 2.71 bits per heavy atom. The number of thioether (sulfide) groups is 2. The molecule has 0 unspecified atom stereocenters. The summed E-state index contributed by atoms with van der Waals surface area (Å²) in [7, 11) is 0. The Morgan fingerprint density at radius 1 is 1.47 bits per heavy atom. The highest BCUT2D eigenvalue weighted by Crippen LogP contribution is 2.30. The van der Waals surface area contributed by atoms with Crippen molar-refractivity contribution in [1.82, 2.24) is 15.5 Å². The van der Waals surface area contributed by atoms with Gasteiger partial charge in [0.1, 0.15) is 0 Å². The minimum atomic E-state index is -0.845. The molecule has 1 heterocycles. The van der Waals surface area contributed by atoms with Crippen molar-refractivity contribution in [1.29, 1.82) is 0 Å². The van der Waals surface area contributed by atoms with Crippen LogP contribution >= 0.6 is 34.9 Å². The van der Waals surface area contributed by atoms with Gasteiger partial charge >= 0.3 is 6.03 Å². The second-order valence-corrected chi connectivity index (χ2v) is 6.96. The van der Waals surface area contributed by atoms with Crippen LogP contribution in [0.3, 0.4) is 0 Å². The van der Waals surface area contributed by atoms with Crippen LogP contribution in [0.2, 0.25) is 0 Å². The summed E-state index contributed by atoms with van der Waals surface area (Å²) >= 11 is 4.28. The molecule has 0 saturated heterocycles. The third-order valence-corrected chi connectivity index (χ3v) is 4.67. The fourth-order valence-corrected chi connectivity index (χ4v) is 3.92. The fourth-order valence-electron chi connectivity index (χ4n) is 0.854. The molecule has 1 rings (SSSR count). The molecule has 0 saturated carbocycles. The molecule has 0 fully saturated rings. The number of imide groups is 1. The van der Waals surface area contributed by atoms with Gasteiger partial charge in [-0.15, -0.1) is 10.2 Å². The van der Waals surface area contributed by atoms with E-state index in [1.54, 1.807) is 18.7 Å². The van der Waals surface area contributed by atoms with Crippen LogP contribution in [0.4, 0.5) is 4.79 Å². The average molecular weight is 292 g/mol. The Bertz CT molecular complexity index is 409. The van der Waals surface area contributed by atoms with Crippen molar-refractivity contribution in [2.24, 2.45) is 5.73 Å². The predicted molar refractivity (Wildman–Crippen MR) is 69.4 cm³/mol. The number of hydrogen-bond donors (Lipinski definition) is 2. The summed E-state index contributed by atoms with van der Waals surface area (Å²) in [6, 6.07) is -0.845. The maximum absolute atomic E-state index is 11.4. The number of nitrogens with zero attached hydrogens (tertiary/aromatic N) is 2. The third-order valence-electron chi connectivity index (χ3n) is 1.55. The van der Waals surface area contributed by atoms with Crippen LogP contribution in [0.5, 0.6) is 0 Å². The molecule has 0 aliphatic carbocycles. The van der Waals surface area contributed by atoms with Crippen LogP contribution in [-0.4, -0.2) is 33.1 Å². The number of carbonyl (C=O) groups is 2. The Labute approximate surface area is 111 Å². The number of hydrogen-bond acceptors (Lipinski definition) is 7. The van der Waals surface area contributed by atoms with Gasteiger partial charge in [-0.1, -0.05) is 41.8 Å². The monoisotopic (exact) mass is 292 g/mol. The first-order chi connectivity index (χ1) is 8.02. The molecule has 0 radical (unpaired) electrons. The second-order valence-electron chi connectivity index (χ2n) is 2.88. The average Bonchev–Trinajstić information content (AvgIpc) is 2.65. The van der Waals surface area contributed by atoms with Crippen molar-refractivity contribution in [3.63, 3.8) is 0 Å². The molecule has 0 aliphatic rings. The van der Waals surface area contributed by atoms with Crippen molar-refractivity contribution in [3.05, 3.63) is 0 Å². The first-order valence-corrected chi connectivity index (χ1v) is 7.44. The summed E-state index contributed by atoms with van der Waals surface area (Å²) in [5, 5.41) is 9.51. The van der Waals surface area contributed by atoms with Crippen molar-refractivity contribution >= 4 is 46.8 Å². The number of amides is 3. The number of urea groups is 1. The zero-order valence-electron chi connectivity index (χ0n) is 9.30. The predicted octanol–water partition coefficient (Wildman–Crippen LogP) is 1.33. The van der Waals surface area contributed by atoms with Crippen LogP contribution in [0.1, 0.15) is 13.8 Å². The molecule has 1 atom stereocenters. The zero-order chi connectivity index (χ0) is 12.8. The van der Waals surface area contributed by atoms with E-state index in [-0.39, 0.29) is 0 Å². The van der Waals surface area contributed by atoms with E-state index < -0.39 is 17.2 Å². The van der Waals surface area contributed by atoms with Crippen molar-refractivity contribution in [2.45, 2.75) is 27.8 Å². The van der Waals surface area contributed by atoms with Gasteiger partial charge in [0, 0.05) is 0 Å². The molecule has 1 aromatic rings. The van der Waals surface area contributed by atoms with E-state index in [0.717, 1.165) is 10.1 Å². The van der Waals surface area contributed by atoms with E-state index in [0.29, 0.717) is 4.34 Å². The van der Waals surface area contributed by atoms with Gasteiger partial charge in [0.15, 0.2) is 8.68 Å². The van der Waals surface area contributed by atoms with Crippen LogP contribution in [0.25, 0.3) is 0 Å². The molecule has 17 heavy (non-hydrogen) atoms. The van der Waals surface area contributed by atoms with Gasteiger partial charge in [0.2, 0.25) is 5.91 Å². The van der Waals surface area contributed by atoms with Crippen LogP contribution < -0.4 is 11.1 Å². The molecule has 3 amide bonds. The first kappa shape index (κ1) is 14.3. The minimum Gasteiger partial charge on any atom is -0.351 e. The van der Waals surface area contributed by atoms with Gasteiger partial charge in [-0.3, -0.25) is 10.1 Å². The summed E-state index contributed by atoms with van der Waals surface area (Å²) in [5.41, 5.74) is 4.86. The van der Waals surface area contributed by atoms with Gasteiger partial charge in [-0.2, -0.15) is 0 Å². The number of nitrogens with two attached hydrogens (primary N) is 1. The van der Waals surface area contributed by atoms with E-state index >= 15 is 0 Å². The molecule has 0 aliphatic heterocycles. The lowest BCUT2D eigenvalue weighted by molar-refractivity contribution is -0.119. The largest absolute Gasteiger partial charge is 0.351 e.